The minimum Gasteiger partial charge on any atom is -0.283 e. The first kappa shape index (κ1) is 17.1. The molecule has 0 radical (unpaired) electrons. The van der Waals surface area contributed by atoms with Gasteiger partial charge in [-0.1, -0.05) is 46.1 Å². The van der Waals surface area contributed by atoms with Gasteiger partial charge in [-0.25, -0.2) is 4.98 Å². The normalized spacial score (nSPS) is 11.1. The van der Waals surface area contributed by atoms with Crippen LogP contribution in [-0.2, 0) is 12.3 Å². The maximum atomic E-state index is 13.0. The first-order chi connectivity index (χ1) is 12.7. The summed E-state index contributed by atoms with van der Waals surface area (Å²) < 4.78 is 6.06. The van der Waals surface area contributed by atoms with Gasteiger partial charge in [-0.3, -0.25) is 14.3 Å². The lowest BCUT2D eigenvalue weighted by atomic mass is 10.2. The predicted octanol–water partition coefficient (Wildman–Crippen LogP) is 3.64. The van der Waals surface area contributed by atoms with Gasteiger partial charge in [0.1, 0.15) is 10.0 Å². The molecule has 1 aromatic carbocycles. The second-order valence-corrected chi connectivity index (χ2v) is 7.74. The highest BCUT2D eigenvalue weighted by atomic mass is 35.5. The molecule has 0 saturated heterocycles. The first-order valence-electron chi connectivity index (χ1n) is 7.70. The molecule has 130 valence electrons. The van der Waals surface area contributed by atoms with Crippen LogP contribution in [0.2, 0.25) is 4.34 Å². The fourth-order valence-electron chi connectivity index (χ4n) is 2.49. The molecule has 9 heteroatoms. The van der Waals surface area contributed by atoms with Gasteiger partial charge in [0.2, 0.25) is 0 Å². The number of thioether (sulfide) groups is 1. The van der Waals surface area contributed by atoms with Crippen LogP contribution in [0, 0.1) is 0 Å². The van der Waals surface area contributed by atoms with Crippen LogP contribution in [0.1, 0.15) is 11.3 Å². The smallest absolute Gasteiger partial charge is 0.262 e. The zero-order valence-electron chi connectivity index (χ0n) is 13.4. The van der Waals surface area contributed by atoms with Crippen LogP contribution in [0.5, 0.6) is 0 Å². The minimum absolute atomic E-state index is 0.0792. The van der Waals surface area contributed by atoms with Crippen molar-refractivity contribution in [2.75, 3.05) is 0 Å². The van der Waals surface area contributed by atoms with E-state index in [-0.39, 0.29) is 5.56 Å². The number of benzene rings is 1. The Morgan fingerprint density at radius 3 is 2.85 bits per heavy atom. The average Bonchev–Trinajstić information content (AvgIpc) is 3.08. The summed E-state index contributed by atoms with van der Waals surface area (Å²) in [7, 11) is 0. The number of nitrogens with zero attached hydrogens (tertiary/aromatic N) is 5. The Labute approximate surface area is 162 Å². The van der Waals surface area contributed by atoms with E-state index in [0.29, 0.717) is 38.4 Å². The lowest BCUT2D eigenvalue weighted by Crippen LogP contribution is -2.24. The largest absolute Gasteiger partial charge is 0.283 e. The summed E-state index contributed by atoms with van der Waals surface area (Å²) in [6.45, 7) is 0.399. The van der Waals surface area contributed by atoms with Crippen LogP contribution in [0.3, 0.4) is 0 Å². The van der Waals surface area contributed by atoms with Crippen molar-refractivity contribution in [1.29, 1.82) is 0 Å². The third kappa shape index (κ3) is 3.48. The van der Waals surface area contributed by atoms with Crippen molar-refractivity contribution in [3.63, 3.8) is 0 Å². The summed E-state index contributed by atoms with van der Waals surface area (Å²) in [6, 6.07) is 11.1. The summed E-state index contributed by atoms with van der Waals surface area (Å²) in [6.07, 6.45) is 3.45. The molecule has 26 heavy (non-hydrogen) atoms. The molecule has 0 aliphatic heterocycles. The zero-order valence-corrected chi connectivity index (χ0v) is 15.8. The van der Waals surface area contributed by atoms with E-state index in [1.165, 1.54) is 11.8 Å². The standard InChI is InChI=1S/C17H12ClN5OS2/c18-15-14(21-22-26-15)10-25-17-20-13-6-2-1-5-12(13)16(24)23(17)9-11-4-3-7-19-8-11/h1-8H,9-10H2. The van der Waals surface area contributed by atoms with E-state index in [9.17, 15) is 4.79 Å². The Kier molecular flexibility index (Phi) is 4.96. The van der Waals surface area contributed by atoms with E-state index >= 15 is 0 Å². The van der Waals surface area contributed by atoms with Gasteiger partial charge < -0.3 is 0 Å². The highest BCUT2D eigenvalue weighted by molar-refractivity contribution is 7.98. The molecule has 0 saturated carbocycles. The van der Waals surface area contributed by atoms with Crippen molar-refractivity contribution in [3.8, 4) is 0 Å². The Morgan fingerprint density at radius 2 is 2.08 bits per heavy atom. The quantitative estimate of drug-likeness (QED) is 0.375. The molecule has 0 atom stereocenters. The number of halogens is 1. The van der Waals surface area contributed by atoms with Gasteiger partial charge >= 0.3 is 0 Å². The molecule has 0 fully saturated rings. The second-order valence-electron chi connectivity index (χ2n) is 5.45. The fraction of sp³-hybridized carbons (Fsp3) is 0.118. The molecular weight excluding hydrogens is 390 g/mol. The Morgan fingerprint density at radius 1 is 1.19 bits per heavy atom. The molecule has 0 aliphatic carbocycles. The first-order valence-corrected chi connectivity index (χ1v) is 9.84. The molecule has 0 unspecified atom stereocenters. The molecule has 4 rings (SSSR count). The van der Waals surface area contributed by atoms with E-state index in [2.05, 4.69) is 19.6 Å². The van der Waals surface area contributed by atoms with E-state index in [0.717, 1.165) is 17.1 Å². The summed E-state index contributed by atoms with van der Waals surface area (Å²) in [5, 5.41) is 5.22. The predicted molar refractivity (Wildman–Crippen MR) is 104 cm³/mol. The SMILES string of the molecule is O=c1c2ccccc2nc(SCc2nnsc2Cl)n1Cc1cccnc1. The summed E-state index contributed by atoms with van der Waals surface area (Å²) >= 11 is 8.65. The van der Waals surface area contributed by atoms with Crippen molar-refractivity contribution in [1.82, 2.24) is 24.1 Å². The monoisotopic (exact) mass is 401 g/mol. The number of pyridine rings is 1. The number of hydrogen-bond acceptors (Lipinski definition) is 7. The number of aromatic nitrogens is 5. The molecule has 4 aromatic rings. The maximum absolute atomic E-state index is 13.0. The molecule has 0 amide bonds. The van der Waals surface area contributed by atoms with Crippen molar-refractivity contribution >= 4 is 45.8 Å². The molecule has 0 bridgehead atoms. The number of rotatable bonds is 5. The third-order valence-electron chi connectivity index (χ3n) is 3.74. The van der Waals surface area contributed by atoms with Crippen LogP contribution < -0.4 is 5.56 Å². The Bertz CT molecular complexity index is 1110. The van der Waals surface area contributed by atoms with Gasteiger partial charge in [-0.15, -0.1) is 5.10 Å². The molecule has 3 heterocycles. The van der Waals surface area contributed by atoms with E-state index in [4.69, 9.17) is 11.6 Å². The van der Waals surface area contributed by atoms with Crippen LogP contribution >= 0.6 is 34.9 Å². The average molecular weight is 402 g/mol. The minimum atomic E-state index is -0.0792. The van der Waals surface area contributed by atoms with E-state index in [1.807, 2.05) is 30.3 Å². The van der Waals surface area contributed by atoms with Crippen LogP contribution in [0.25, 0.3) is 10.9 Å². The molecular formula is C17H12ClN5OS2. The third-order valence-corrected chi connectivity index (χ3v) is 5.71. The highest BCUT2D eigenvalue weighted by Gasteiger charge is 2.14. The number of hydrogen-bond donors (Lipinski definition) is 0. The van der Waals surface area contributed by atoms with Gasteiger partial charge in [0, 0.05) is 29.7 Å². The van der Waals surface area contributed by atoms with Crippen LogP contribution in [0.4, 0.5) is 0 Å². The fourth-order valence-corrected chi connectivity index (χ4v) is 4.22. The molecule has 0 spiro atoms. The van der Waals surface area contributed by atoms with Crippen molar-refractivity contribution in [2.24, 2.45) is 0 Å². The lowest BCUT2D eigenvalue weighted by Gasteiger charge is -2.12. The Balaban J connectivity index is 1.77. The Hall–Kier alpha value is -2.29. The van der Waals surface area contributed by atoms with Gasteiger partial charge in [0.25, 0.3) is 5.56 Å². The van der Waals surface area contributed by atoms with E-state index in [1.54, 1.807) is 23.0 Å². The molecule has 0 aliphatic rings. The lowest BCUT2D eigenvalue weighted by molar-refractivity contribution is 0.656. The van der Waals surface area contributed by atoms with E-state index < -0.39 is 0 Å². The second kappa shape index (κ2) is 7.53. The highest BCUT2D eigenvalue weighted by Crippen LogP contribution is 2.26. The maximum Gasteiger partial charge on any atom is 0.262 e. The summed E-state index contributed by atoms with van der Waals surface area (Å²) in [4.78, 5) is 21.8. The topological polar surface area (TPSA) is 73.6 Å². The molecule has 3 aromatic heterocycles. The van der Waals surface area contributed by atoms with Crippen molar-refractivity contribution in [2.45, 2.75) is 17.5 Å². The number of para-hydroxylation sites is 1. The summed E-state index contributed by atoms with van der Waals surface area (Å²) in [5.41, 5.74) is 2.22. The van der Waals surface area contributed by atoms with Gasteiger partial charge in [-0.05, 0) is 23.8 Å². The number of fused-ring (bicyclic) bond motifs is 1. The van der Waals surface area contributed by atoms with Crippen molar-refractivity contribution < 1.29 is 0 Å². The van der Waals surface area contributed by atoms with Gasteiger partial charge in [0.05, 0.1) is 17.4 Å². The van der Waals surface area contributed by atoms with Crippen LogP contribution in [0.15, 0.2) is 58.7 Å². The van der Waals surface area contributed by atoms with Gasteiger partial charge in [-0.2, -0.15) is 0 Å². The van der Waals surface area contributed by atoms with Gasteiger partial charge in [0.15, 0.2) is 5.16 Å². The van der Waals surface area contributed by atoms with Crippen molar-refractivity contribution in [3.05, 3.63) is 74.7 Å². The molecule has 0 N–H and O–H groups in total. The molecule has 6 nitrogen and oxygen atoms in total. The van der Waals surface area contributed by atoms with Crippen LogP contribution in [-0.4, -0.2) is 24.1 Å². The zero-order chi connectivity index (χ0) is 17.9. The summed E-state index contributed by atoms with van der Waals surface area (Å²) in [5.74, 6) is 0.493.